The van der Waals surface area contributed by atoms with E-state index in [9.17, 15) is 40.9 Å². The average molecular weight is 862 g/mol. The number of benzene rings is 4. The fourth-order valence-corrected chi connectivity index (χ4v) is 6.67. The van der Waals surface area contributed by atoms with E-state index in [1.165, 1.54) is 92.0 Å². The van der Waals surface area contributed by atoms with Crippen LogP contribution in [0.1, 0.15) is 72.4 Å². The molecule has 15 heteroatoms. The van der Waals surface area contributed by atoms with Gasteiger partial charge in [0.15, 0.2) is 0 Å². The van der Waals surface area contributed by atoms with Crippen LogP contribution in [0.15, 0.2) is 84.9 Å². The molecule has 0 radical (unpaired) electrons. The van der Waals surface area contributed by atoms with Crippen molar-refractivity contribution in [3.05, 3.63) is 128 Å². The molecule has 0 aromatic heterocycles. The summed E-state index contributed by atoms with van der Waals surface area (Å²) in [5, 5.41) is 80.7. The first-order valence-corrected chi connectivity index (χ1v) is 18.3. The second kappa shape index (κ2) is 20.7. The van der Waals surface area contributed by atoms with Gasteiger partial charge in [0.1, 0.15) is 66.4 Å². The minimum Gasteiger partial charge on any atom is -0.494 e. The van der Waals surface area contributed by atoms with Gasteiger partial charge in [-0.2, -0.15) is 0 Å². The van der Waals surface area contributed by atoms with Crippen molar-refractivity contribution in [3.63, 3.8) is 0 Å². The van der Waals surface area contributed by atoms with Crippen molar-refractivity contribution < 1.29 is 83.7 Å². The highest BCUT2D eigenvalue weighted by atomic mass is 35.5. The average Bonchev–Trinajstić information content (AvgIpc) is 3.30. The number of aliphatic hydroxyl groups is 8. The minimum atomic E-state index is -3.05. The van der Waals surface area contributed by atoms with Crippen LogP contribution in [0.3, 0.4) is 0 Å². The number of ether oxygens (including phenoxy) is 5. The van der Waals surface area contributed by atoms with Crippen molar-refractivity contribution in [2.45, 2.75) is 87.2 Å². The molecule has 58 heavy (non-hydrogen) atoms. The molecule has 0 amide bonds. The van der Waals surface area contributed by atoms with Crippen LogP contribution in [0.5, 0.6) is 11.5 Å². The highest BCUT2D eigenvalue weighted by Crippen LogP contribution is 2.41. The first-order chi connectivity index (χ1) is 33.1. The van der Waals surface area contributed by atoms with E-state index >= 15 is 0 Å². The van der Waals surface area contributed by atoms with E-state index in [-0.39, 0.29) is 54.9 Å². The Labute approximate surface area is 367 Å². The highest BCUT2D eigenvalue weighted by molar-refractivity contribution is 6.31. The zero-order chi connectivity index (χ0) is 54.3. The minimum absolute atomic E-state index is 0.0105. The number of rotatable bonds is 13. The Morgan fingerprint density at radius 1 is 0.655 bits per heavy atom. The first-order valence-electron chi connectivity index (χ1n) is 24.5. The Morgan fingerprint density at radius 3 is 1.69 bits per heavy atom. The maximum atomic E-state index is 10.7. The topological polar surface area (TPSA) is 208 Å². The van der Waals surface area contributed by atoms with Crippen LogP contribution < -0.4 is 9.47 Å². The Bertz CT molecular complexity index is 2470. The van der Waals surface area contributed by atoms with Crippen LogP contribution in [-0.4, -0.2) is 123 Å². The van der Waals surface area contributed by atoms with Crippen molar-refractivity contribution in [1.29, 1.82) is 0 Å². The molecule has 0 bridgehead atoms. The molecule has 2 fully saturated rings. The maximum Gasteiger partial charge on any atom is 0.224 e. The summed E-state index contributed by atoms with van der Waals surface area (Å²) in [6.07, 6.45) is -18.0. The second-order valence-corrected chi connectivity index (χ2v) is 13.8. The van der Waals surface area contributed by atoms with E-state index in [1.807, 2.05) is 0 Å². The summed E-state index contributed by atoms with van der Waals surface area (Å²) in [7, 11) is 1.17. The van der Waals surface area contributed by atoms with Gasteiger partial charge in [0.2, 0.25) is 5.79 Å². The highest BCUT2D eigenvalue weighted by Gasteiger charge is 2.55. The van der Waals surface area contributed by atoms with E-state index in [4.69, 9.17) is 66.1 Å². The van der Waals surface area contributed by atoms with E-state index < -0.39 is 114 Å². The standard InChI is InChI=1S/C22H27ClO7.C21H25ClO6/c1-3-29-16-7-4-13(5-8-16)10-14-11-15(6-9-17(14)23)22(28-2)21(27)20(26)19(25)18(12-24)30-22;1-2-27-15-6-3-12(4-7-15)9-14-10-13(5-8-16(14)22)21-20(26)19(25)18(24)17(11-23)28-21/h4-9,11,18-21,24-27H,3,10,12H2,1-2H3;3-8,10,17-21,23-26H,2,9,11H2,1H3/i1D3,3D2,10D2;1D3,2D2,9D2. The van der Waals surface area contributed by atoms with Gasteiger partial charge in [0, 0.05) is 36.4 Å². The molecule has 4 aromatic rings. The number of hydrogen-bond donors (Lipinski definition) is 8. The van der Waals surface area contributed by atoms with Gasteiger partial charge in [0.05, 0.1) is 31.8 Å². The van der Waals surface area contributed by atoms with E-state index in [0.717, 1.165) is 0 Å². The second-order valence-electron chi connectivity index (χ2n) is 13.0. The summed E-state index contributed by atoms with van der Waals surface area (Å²) in [5.41, 5.74) is 0.324. The molecule has 2 saturated heterocycles. The largest absolute Gasteiger partial charge is 0.494 e. The summed E-state index contributed by atoms with van der Waals surface area (Å²) in [5.74, 6) is -2.34. The Balaban J connectivity index is 0.000000268. The quantitative estimate of drug-likeness (QED) is 0.0971. The third-order valence-corrected chi connectivity index (χ3v) is 10.1. The zero-order valence-corrected chi connectivity index (χ0v) is 32.1. The lowest BCUT2D eigenvalue weighted by molar-refractivity contribution is -0.366. The van der Waals surface area contributed by atoms with Crippen LogP contribution in [-0.2, 0) is 32.7 Å². The van der Waals surface area contributed by atoms with Crippen LogP contribution >= 0.6 is 23.2 Å². The molecule has 10 atom stereocenters. The maximum absolute atomic E-state index is 10.7. The van der Waals surface area contributed by atoms with Gasteiger partial charge in [-0.3, -0.25) is 0 Å². The first kappa shape index (κ1) is 29.8. The van der Waals surface area contributed by atoms with Crippen molar-refractivity contribution in [2.24, 2.45) is 0 Å². The number of hydrogen-bond acceptors (Lipinski definition) is 13. The Hall–Kier alpha value is -3.38. The molecule has 0 aliphatic carbocycles. The van der Waals surface area contributed by atoms with E-state index in [2.05, 4.69) is 0 Å². The number of methoxy groups -OCH3 is 1. The third kappa shape index (κ3) is 10.3. The lowest BCUT2D eigenvalue weighted by Gasteiger charge is -2.47. The Morgan fingerprint density at radius 2 is 1.17 bits per heavy atom. The normalized spacial score (nSPS) is 33.3. The lowest BCUT2D eigenvalue weighted by atomic mass is 9.87. The molecule has 316 valence electrons. The van der Waals surface area contributed by atoms with Crippen molar-refractivity contribution in [3.8, 4) is 11.5 Å². The smallest absolute Gasteiger partial charge is 0.224 e. The van der Waals surface area contributed by atoms with Crippen molar-refractivity contribution >= 4 is 23.2 Å². The fraction of sp³-hybridized carbons (Fsp3) is 0.442. The SMILES string of the molecule is [2H]C([2H])(c1ccc(OC([2H])([2H])C([2H])([2H])[2H])cc1)c1cc(C2(OC)OC(CO)C(O)C(O)C2O)ccc1Cl.[2H]C([2H])(c1ccc(OC([2H])([2H])C([2H])([2H])[2H])cc1)c1cc(C2OC(CO)C(O)C(O)C2O)ccc1Cl. The lowest BCUT2D eigenvalue weighted by Crippen LogP contribution is -2.64. The van der Waals surface area contributed by atoms with Gasteiger partial charge < -0.3 is 64.5 Å². The van der Waals surface area contributed by atoms with Gasteiger partial charge in [-0.15, -0.1) is 0 Å². The van der Waals surface area contributed by atoms with Gasteiger partial charge in [-0.05, 0) is 96.7 Å². The van der Waals surface area contributed by atoms with Gasteiger partial charge in [-0.25, -0.2) is 0 Å². The molecule has 2 aliphatic rings. The van der Waals surface area contributed by atoms with Crippen LogP contribution in [0.4, 0.5) is 0 Å². The number of halogens is 2. The van der Waals surface area contributed by atoms with Gasteiger partial charge in [-0.1, -0.05) is 65.7 Å². The van der Waals surface area contributed by atoms with Crippen LogP contribution in [0.2, 0.25) is 10.0 Å². The fourth-order valence-electron chi connectivity index (χ4n) is 6.34. The number of aliphatic hydroxyl groups excluding tert-OH is 8. The molecular weight excluding hydrogens is 795 g/mol. The molecule has 2 aliphatic heterocycles. The predicted octanol–water partition coefficient (Wildman–Crippen LogP) is 3.45. The van der Waals surface area contributed by atoms with Gasteiger partial charge in [0.25, 0.3) is 0 Å². The van der Waals surface area contributed by atoms with E-state index in [1.54, 1.807) is 0 Å². The molecule has 10 unspecified atom stereocenters. The summed E-state index contributed by atoms with van der Waals surface area (Å²) >= 11 is 12.6. The third-order valence-electron chi connectivity index (χ3n) is 9.44. The molecule has 4 aromatic carbocycles. The van der Waals surface area contributed by atoms with Crippen LogP contribution in [0, 0.1) is 0 Å². The molecule has 13 nitrogen and oxygen atoms in total. The van der Waals surface area contributed by atoms with Crippen molar-refractivity contribution in [1.82, 2.24) is 0 Å². The summed E-state index contributed by atoms with van der Waals surface area (Å²) < 4.78 is 135. The van der Waals surface area contributed by atoms with Crippen LogP contribution in [0.25, 0.3) is 0 Å². The predicted molar refractivity (Wildman–Crippen MR) is 215 cm³/mol. The van der Waals surface area contributed by atoms with Gasteiger partial charge >= 0.3 is 0 Å². The molecule has 2 heterocycles. The monoisotopic (exact) mass is 860 g/mol. The Kier molecular flexibility index (Phi) is 10.6. The van der Waals surface area contributed by atoms with Crippen molar-refractivity contribution in [2.75, 3.05) is 33.4 Å². The zero-order valence-electron chi connectivity index (χ0n) is 44.6. The molecular formula is C43H52Cl2O13. The van der Waals surface area contributed by atoms with E-state index in [0.29, 0.717) is 0 Å². The summed E-state index contributed by atoms with van der Waals surface area (Å²) in [4.78, 5) is 0. The molecule has 8 N–H and O–H groups in total. The molecule has 6 rings (SSSR count). The molecule has 0 saturated carbocycles. The molecule has 0 spiro atoms. The summed E-state index contributed by atoms with van der Waals surface area (Å²) in [6, 6.07) is 18.2. The summed E-state index contributed by atoms with van der Waals surface area (Å²) in [6.45, 7) is -13.3.